The zero-order valence-electron chi connectivity index (χ0n) is 15.4. The summed E-state index contributed by atoms with van der Waals surface area (Å²) in [6.07, 6.45) is 0. The van der Waals surface area contributed by atoms with Gasteiger partial charge in [-0.1, -0.05) is 6.07 Å². The Kier molecular flexibility index (Phi) is 4.41. The first-order valence-electron chi connectivity index (χ1n) is 8.04. The number of fused-ring (bicyclic) bond motifs is 1. The number of methoxy groups -OCH3 is 2. The molecule has 9 heteroatoms. The number of rotatable bonds is 3. The third kappa shape index (κ3) is 2.62. The maximum atomic E-state index is 12.9. The summed E-state index contributed by atoms with van der Waals surface area (Å²) in [4.78, 5) is 25.2. The summed E-state index contributed by atoms with van der Waals surface area (Å²) in [5.74, 6) is 0.566. The molecule has 0 spiro atoms. The first-order valence-corrected chi connectivity index (χ1v) is 8.04. The van der Waals surface area contributed by atoms with E-state index in [2.05, 4.69) is 11.4 Å². The Morgan fingerprint density at radius 3 is 2.41 bits per heavy atom. The zero-order valence-corrected chi connectivity index (χ0v) is 15.4. The minimum absolute atomic E-state index is 0.0908. The minimum Gasteiger partial charge on any atom is -0.493 e. The maximum absolute atomic E-state index is 12.9. The molecule has 27 heavy (non-hydrogen) atoms. The van der Waals surface area contributed by atoms with E-state index in [-0.39, 0.29) is 22.8 Å². The lowest BCUT2D eigenvalue weighted by molar-refractivity contribution is 0.354. The van der Waals surface area contributed by atoms with Crippen molar-refractivity contribution in [1.82, 2.24) is 9.13 Å². The van der Waals surface area contributed by atoms with Crippen LogP contribution in [0.1, 0.15) is 17.0 Å². The highest BCUT2D eigenvalue weighted by Gasteiger charge is 2.34. The number of nitrogens with two attached hydrogens (primary N) is 1. The van der Waals surface area contributed by atoms with E-state index in [1.54, 1.807) is 18.2 Å². The maximum Gasteiger partial charge on any atom is 0.332 e. The molecule has 140 valence electrons. The molecule has 0 radical (unpaired) electrons. The number of ether oxygens (including phenoxy) is 2. The van der Waals surface area contributed by atoms with Crippen molar-refractivity contribution in [1.29, 1.82) is 5.26 Å². The van der Waals surface area contributed by atoms with Crippen LogP contribution >= 0.6 is 0 Å². The predicted octanol–water partition coefficient (Wildman–Crippen LogP) is 0.352. The summed E-state index contributed by atoms with van der Waals surface area (Å²) in [6, 6.07) is 7.18. The average molecular weight is 369 g/mol. The first-order chi connectivity index (χ1) is 12.8. The second-order valence-electron chi connectivity index (χ2n) is 6.08. The third-order valence-corrected chi connectivity index (χ3v) is 4.68. The second-order valence-corrected chi connectivity index (χ2v) is 6.08. The summed E-state index contributed by atoms with van der Waals surface area (Å²) < 4.78 is 12.9. The Bertz CT molecular complexity index is 1120. The van der Waals surface area contributed by atoms with Crippen molar-refractivity contribution >= 4 is 5.82 Å². The lowest BCUT2D eigenvalue weighted by atomic mass is 9.83. The number of hydrogen-bond acceptors (Lipinski definition) is 7. The lowest BCUT2D eigenvalue weighted by Gasteiger charge is -2.28. The monoisotopic (exact) mass is 369 g/mol. The standard InChI is InChI=1S/C18H19N5O4/c1-22-16-14(17(24)23(2)18(22)25)13(10(8-19)15(20)21-16)9-5-6-11(26-3)12(7-9)27-4/h5-7,13,21H,20H2,1-4H3/t13-/m1/s1. The Labute approximate surface area is 154 Å². The zero-order chi connectivity index (χ0) is 19.9. The Morgan fingerprint density at radius 1 is 1.15 bits per heavy atom. The van der Waals surface area contributed by atoms with Crippen LogP contribution in [0.15, 0.2) is 39.2 Å². The molecule has 1 aromatic heterocycles. The molecule has 1 aliphatic rings. The van der Waals surface area contributed by atoms with Gasteiger partial charge < -0.3 is 20.5 Å². The molecule has 1 atom stereocenters. The van der Waals surface area contributed by atoms with Gasteiger partial charge in [0.2, 0.25) is 0 Å². The molecule has 0 bridgehead atoms. The highest BCUT2D eigenvalue weighted by atomic mass is 16.5. The van der Waals surface area contributed by atoms with E-state index >= 15 is 0 Å². The van der Waals surface area contributed by atoms with E-state index in [0.29, 0.717) is 17.1 Å². The molecule has 9 nitrogen and oxygen atoms in total. The Balaban J connectivity index is 2.38. The molecule has 3 rings (SSSR count). The van der Waals surface area contributed by atoms with Gasteiger partial charge >= 0.3 is 5.69 Å². The smallest absolute Gasteiger partial charge is 0.332 e. The highest BCUT2D eigenvalue weighted by Crippen LogP contribution is 2.40. The molecule has 0 amide bonds. The normalized spacial score (nSPS) is 15.6. The lowest BCUT2D eigenvalue weighted by Crippen LogP contribution is -2.43. The van der Waals surface area contributed by atoms with Gasteiger partial charge in [-0.05, 0) is 17.7 Å². The minimum atomic E-state index is -0.753. The fourth-order valence-corrected chi connectivity index (χ4v) is 3.27. The van der Waals surface area contributed by atoms with Gasteiger partial charge in [0, 0.05) is 14.1 Å². The molecule has 1 aromatic carbocycles. The third-order valence-electron chi connectivity index (χ3n) is 4.68. The number of hydrogen-bond donors (Lipinski definition) is 2. The van der Waals surface area contributed by atoms with Crippen LogP contribution in [-0.4, -0.2) is 23.4 Å². The van der Waals surface area contributed by atoms with Crippen LogP contribution in [0.5, 0.6) is 11.5 Å². The number of nitrogens with one attached hydrogen (secondary N) is 1. The summed E-state index contributed by atoms with van der Waals surface area (Å²) in [5, 5.41) is 12.5. The van der Waals surface area contributed by atoms with E-state index < -0.39 is 17.2 Å². The van der Waals surface area contributed by atoms with Crippen LogP contribution < -0.4 is 31.8 Å². The second kappa shape index (κ2) is 6.57. The van der Waals surface area contributed by atoms with E-state index in [9.17, 15) is 14.9 Å². The van der Waals surface area contributed by atoms with Crippen molar-refractivity contribution in [2.24, 2.45) is 19.8 Å². The molecule has 0 unspecified atom stereocenters. The van der Waals surface area contributed by atoms with Gasteiger partial charge in [-0.15, -0.1) is 0 Å². The summed E-state index contributed by atoms with van der Waals surface area (Å²) in [6.45, 7) is 0. The van der Waals surface area contributed by atoms with Crippen molar-refractivity contribution < 1.29 is 9.47 Å². The van der Waals surface area contributed by atoms with E-state index in [4.69, 9.17) is 15.2 Å². The van der Waals surface area contributed by atoms with Crippen LogP contribution in [-0.2, 0) is 14.1 Å². The molecular weight excluding hydrogens is 350 g/mol. The van der Waals surface area contributed by atoms with Crippen LogP contribution in [0.3, 0.4) is 0 Å². The van der Waals surface area contributed by atoms with Gasteiger partial charge in [0.05, 0.1) is 37.3 Å². The Morgan fingerprint density at radius 2 is 1.81 bits per heavy atom. The van der Waals surface area contributed by atoms with Crippen LogP contribution in [0.25, 0.3) is 0 Å². The Hall–Kier alpha value is -3.67. The summed E-state index contributed by atoms with van der Waals surface area (Å²) in [7, 11) is 5.94. The van der Waals surface area contributed by atoms with Crippen molar-refractivity contribution in [2.75, 3.05) is 19.5 Å². The number of nitrogens with zero attached hydrogens (tertiary/aromatic N) is 3. The van der Waals surface area contributed by atoms with Crippen molar-refractivity contribution in [3.8, 4) is 17.6 Å². The first kappa shape index (κ1) is 18.1. The van der Waals surface area contributed by atoms with Crippen LogP contribution in [0.4, 0.5) is 5.82 Å². The van der Waals surface area contributed by atoms with Gasteiger partial charge in [-0.2, -0.15) is 5.26 Å². The van der Waals surface area contributed by atoms with Crippen molar-refractivity contribution in [3.63, 3.8) is 0 Å². The quantitative estimate of drug-likeness (QED) is 0.800. The predicted molar refractivity (Wildman–Crippen MR) is 98.8 cm³/mol. The molecule has 0 fully saturated rings. The molecule has 2 aromatic rings. The fourth-order valence-electron chi connectivity index (χ4n) is 3.27. The summed E-state index contributed by atoms with van der Waals surface area (Å²) in [5.41, 5.74) is 6.10. The summed E-state index contributed by atoms with van der Waals surface area (Å²) >= 11 is 0. The average Bonchev–Trinajstić information content (AvgIpc) is 2.69. The number of aromatic nitrogens is 2. The van der Waals surface area contributed by atoms with Crippen molar-refractivity contribution in [2.45, 2.75) is 5.92 Å². The molecule has 0 aliphatic carbocycles. The number of nitriles is 1. The molecular formula is C18H19N5O4. The molecule has 2 heterocycles. The largest absolute Gasteiger partial charge is 0.493 e. The molecule has 3 N–H and O–H groups in total. The SMILES string of the molecule is COc1ccc([C@@H]2C(C#N)=C(N)Nc3c2c(=O)n(C)c(=O)n3C)cc1OC. The van der Waals surface area contributed by atoms with Gasteiger partial charge in [0.1, 0.15) is 11.6 Å². The van der Waals surface area contributed by atoms with Crippen molar-refractivity contribution in [3.05, 3.63) is 61.6 Å². The van der Waals surface area contributed by atoms with Crippen LogP contribution in [0, 0.1) is 11.3 Å². The van der Waals surface area contributed by atoms with Gasteiger partial charge in [-0.25, -0.2) is 4.79 Å². The molecule has 0 saturated carbocycles. The van der Waals surface area contributed by atoms with Gasteiger partial charge in [-0.3, -0.25) is 13.9 Å². The van der Waals surface area contributed by atoms with Gasteiger partial charge in [0.15, 0.2) is 11.5 Å². The number of anilines is 1. The number of allylic oxidation sites excluding steroid dienone is 1. The highest BCUT2D eigenvalue weighted by molar-refractivity contribution is 5.65. The molecule has 0 saturated heterocycles. The van der Waals surface area contributed by atoms with E-state index in [1.807, 2.05) is 0 Å². The van der Waals surface area contributed by atoms with E-state index in [1.165, 1.54) is 32.9 Å². The number of benzene rings is 1. The van der Waals surface area contributed by atoms with Crippen LogP contribution in [0.2, 0.25) is 0 Å². The fraction of sp³-hybridized carbons (Fsp3) is 0.278. The van der Waals surface area contributed by atoms with E-state index in [0.717, 1.165) is 4.57 Å². The topological polar surface area (TPSA) is 124 Å². The van der Waals surface area contributed by atoms with Gasteiger partial charge in [0.25, 0.3) is 5.56 Å². The molecule has 1 aliphatic heterocycles.